The second-order valence-electron chi connectivity index (χ2n) is 0.850. The molecule has 3 nitrogen and oxygen atoms in total. The van der Waals surface area contributed by atoms with Crippen molar-refractivity contribution in [1.82, 2.24) is 0 Å². The van der Waals surface area contributed by atoms with E-state index in [-0.39, 0.29) is 14.0 Å². The molecule has 47 valence electrons. The molecule has 0 saturated carbocycles. The standard InChI is InChI=1S/C4H5O3.CH4/c1-2-3-7-4(5)6;/h2H,1,3H2;1H4. The fourth-order valence-electron chi connectivity index (χ4n) is 0.127. The molecule has 0 rings (SSSR count). The summed E-state index contributed by atoms with van der Waals surface area (Å²) in [5.41, 5.74) is 0. The van der Waals surface area contributed by atoms with Crippen molar-refractivity contribution in [3.63, 3.8) is 0 Å². The van der Waals surface area contributed by atoms with Gasteiger partial charge in [-0.2, -0.15) is 9.90 Å². The van der Waals surface area contributed by atoms with Gasteiger partial charge < -0.3 is 4.74 Å². The van der Waals surface area contributed by atoms with Crippen LogP contribution < -0.4 is 0 Å². The normalized spacial score (nSPS) is 6.50. The largest absolute Gasteiger partial charge is 0.550 e. The maximum absolute atomic E-state index is 9.38. The molecule has 0 heterocycles. The summed E-state index contributed by atoms with van der Waals surface area (Å²) in [4.78, 5) is 9.38. The zero-order chi connectivity index (χ0) is 5.70. The molecular formula is C5H9O3. The quantitative estimate of drug-likeness (QED) is 0.405. The van der Waals surface area contributed by atoms with E-state index in [1.54, 1.807) is 0 Å². The highest BCUT2D eigenvalue weighted by Gasteiger charge is 1.92. The number of ether oxygens (including phenoxy) is 1. The summed E-state index contributed by atoms with van der Waals surface area (Å²) in [5, 5.41) is 9.38. The van der Waals surface area contributed by atoms with Gasteiger partial charge in [0.25, 0.3) is 0 Å². The van der Waals surface area contributed by atoms with Crippen molar-refractivity contribution in [3.05, 3.63) is 12.7 Å². The first-order chi connectivity index (χ1) is 3.27. The van der Waals surface area contributed by atoms with Crippen LogP contribution in [0.2, 0.25) is 0 Å². The van der Waals surface area contributed by atoms with Crippen molar-refractivity contribution >= 4 is 6.16 Å². The number of rotatable bonds is 2. The van der Waals surface area contributed by atoms with Gasteiger partial charge in [0.1, 0.15) is 6.61 Å². The zero-order valence-electron chi connectivity index (χ0n) is 3.72. The summed E-state index contributed by atoms with van der Waals surface area (Å²) in [7, 11) is 0. The Kier molecular flexibility index (Phi) is 7.58. The van der Waals surface area contributed by atoms with Gasteiger partial charge in [0.05, 0.1) is 0 Å². The molecule has 0 N–H and O–H groups in total. The summed E-state index contributed by atoms with van der Waals surface area (Å²) in [6.07, 6.45) is -0.185. The molecule has 0 spiro atoms. The number of carbonyl (C=O) groups is 1. The van der Waals surface area contributed by atoms with Crippen LogP contribution in [0.3, 0.4) is 0 Å². The van der Waals surface area contributed by atoms with Crippen molar-refractivity contribution in [3.8, 4) is 0 Å². The van der Waals surface area contributed by atoms with E-state index < -0.39 is 6.16 Å². The molecule has 0 bridgehead atoms. The van der Waals surface area contributed by atoms with Crippen molar-refractivity contribution in [2.24, 2.45) is 0 Å². The maximum atomic E-state index is 9.38. The third-order valence-electron chi connectivity index (χ3n) is 0.319. The highest BCUT2D eigenvalue weighted by molar-refractivity contribution is 5.56. The molecule has 8 heavy (non-hydrogen) atoms. The number of hydrogen-bond acceptors (Lipinski definition) is 2. The Morgan fingerprint density at radius 1 is 1.75 bits per heavy atom. The van der Waals surface area contributed by atoms with E-state index in [1.165, 1.54) is 6.08 Å². The molecule has 0 saturated heterocycles. The maximum Gasteiger partial charge on any atom is 0.550 e. The second kappa shape index (κ2) is 6.01. The summed E-state index contributed by atoms with van der Waals surface area (Å²) in [6.45, 7) is 3.22. The third-order valence-corrected chi connectivity index (χ3v) is 0.319. The second-order valence-corrected chi connectivity index (χ2v) is 0.850. The van der Waals surface area contributed by atoms with E-state index in [1.807, 2.05) is 0 Å². The van der Waals surface area contributed by atoms with Crippen molar-refractivity contribution < 1.29 is 14.6 Å². The minimum absolute atomic E-state index is 0. The van der Waals surface area contributed by atoms with Gasteiger partial charge >= 0.3 is 6.16 Å². The molecule has 1 radical (unpaired) electrons. The highest BCUT2D eigenvalue weighted by Crippen LogP contribution is 1.74. The van der Waals surface area contributed by atoms with E-state index in [0.717, 1.165) is 0 Å². The molecule has 0 unspecified atom stereocenters. The van der Waals surface area contributed by atoms with Crippen molar-refractivity contribution in [2.75, 3.05) is 6.61 Å². The average Bonchev–Trinajstić information content (AvgIpc) is 1.61. The van der Waals surface area contributed by atoms with Gasteiger partial charge in [-0.25, -0.2) is 0 Å². The Morgan fingerprint density at radius 2 is 2.25 bits per heavy atom. The average molecular weight is 117 g/mol. The van der Waals surface area contributed by atoms with Crippen LogP contribution in [-0.4, -0.2) is 12.8 Å². The van der Waals surface area contributed by atoms with Crippen LogP contribution >= 0.6 is 0 Å². The van der Waals surface area contributed by atoms with Crippen LogP contribution in [0.4, 0.5) is 4.79 Å². The minimum Gasteiger partial charge on any atom is -0.428 e. The molecule has 0 aromatic rings. The van der Waals surface area contributed by atoms with E-state index in [0.29, 0.717) is 0 Å². The molecule has 0 aromatic carbocycles. The number of carbonyl (C=O) groups excluding carboxylic acids is 1. The fraction of sp³-hybridized carbons (Fsp3) is 0.400. The molecule has 0 aliphatic rings. The van der Waals surface area contributed by atoms with Gasteiger partial charge in [0.2, 0.25) is 0 Å². The van der Waals surface area contributed by atoms with Crippen molar-refractivity contribution in [2.45, 2.75) is 7.43 Å². The first kappa shape index (κ1) is 10.1. The smallest absolute Gasteiger partial charge is 0.428 e. The van der Waals surface area contributed by atoms with Gasteiger partial charge in [0.15, 0.2) is 0 Å². The van der Waals surface area contributed by atoms with Crippen LogP contribution in [0, 0.1) is 0 Å². The number of hydrogen-bond donors (Lipinski definition) is 0. The highest BCUT2D eigenvalue weighted by atomic mass is 16.7. The first-order valence-electron chi connectivity index (χ1n) is 1.72. The zero-order valence-corrected chi connectivity index (χ0v) is 3.72. The SMILES string of the molecule is C.C=CCOC([O])=O. The van der Waals surface area contributed by atoms with Gasteiger partial charge in [-0.15, -0.1) is 0 Å². The molecule has 0 amide bonds. The molecular weight excluding hydrogens is 108 g/mol. The lowest BCUT2D eigenvalue weighted by atomic mass is 10.7. The molecule has 3 heteroatoms. The summed E-state index contributed by atoms with van der Waals surface area (Å²) in [5.74, 6) is 0. The van der Waals surface area contributed by atoms with Crippen molar-refractivity contribution in [1.29, 1.82) is 0 Å². The lowest BCUT2D eigenvalue weighted by Gasteiger charge is -1.86. The topological polar surface area (TPSA) is 46.2 Å². The van der Waals surface area contributed by atoms with Crippen LogP contribution in [0.1, 0.15) is 7.43 Å². The van der Waals surface area contributed by atoms with Crippen LogP contribution in [-0.2, 0) is 9.84 Å². The van der Waals surface area contributed by atoms with E-state index >= 15 is 0 Å². The summed E-state index contributed by atoms with van der Waals surface area (Å²) >= 11 is 0. The van der Waals surface area contributed by atoms with Crippen LogP contribution in [0.5, 0.6) is 0 Å². The van der Waals surface area contributed by atoms with Gasteiger partial charge in [-0.1, -0.05) is 20.1 Å². The Bertz CT molecular complexity index is 77.7. The van der Waals surface area contributed by atoms with E-state index in [2.05, 4.69) is 11.3 Å². The first-order valence-corrected chi connectivity index (χ1v) is 1.72. The Morgan fingerprint density at radius 3 is 2.38 bits per heavy atom. The van der Waals surface area contributed by atoms with E-state index in [4.69, 9.17) is 0 Å². The summed E-state index contributed by atoms with van der Waals surface area (Å²) < 4.78 is 3.88. The lowest BCUT2D eigenvalue weighted by molar-refractivity contribution is 0.0770. The fourth-order valence-corrected chi connectivity index (χ4v) is 0.127. The Labute approximate surface area is 48.6 Å². The van der Waals surface area contributed by atoms with Gasteiger partial charge in [-0.3, -0.25) is 0 Å². The molecule has 0 aliphatic carbocycles. The van der Waals surface area contributed by atoms with Gasteiger partial charge in [0, 0.05) is 0 Å². The molecule has 0 aromatic heterocycles. The van der Waals surface area contributed by atoms with Crippen LogP contribution in [0.15, 0.2) is 12.7 Å². The minimum atomic E-state index is -1.51. The molecule has 0 atom stereocenters. The molecule has 0 fully saturated rings. The van der Waals surface area contributed by atoms with Gasteiger partial charge in [-0.05, 0) is 0 Å². The third kappa shape index (κ3) is 8.89. The Balaban J connectivity index is 0. The lowest BCUT2D eigenvalue weighted by Crippen LogP contribution is -1.96. The van der Waals surface area contributed by atoms with Crippen LogP contribution in [0.25, 0.3) is 0 Å². The predicted molar refractivity (Wildman–Crippen MR) is 29.0 cm³/mol. The Hall–Kier alpha value is -0.990. The molecule has 0 aliphatic heterocycles. The van der Waals surface area contributed by atoms with E-state index in [9.17, 15) is 9.90 Å². The predicted octanol–water partition coefficient (Wildman–Crippen LogP) is 1.38. The monoisotopic (exact) mass is 117 g/mol. The summed E-state index contributed by atoms with van der Waals surface area (Å²) in [6, 6.07) is 0.